The molecule has 0 atom stereocenters. The number of aldehydes is 1. The molecule has 10 nitrogen and oxygen atoms in total. The number of benzene rings is 7. The minimum Gasteiger partial charge on any atom is -0.309 e. The van der Waals surface area contributed by atoms with E-state index >= 15 is 0 Å². The fourth-order valence-corrected chi connectivity index (χ4v) is 26.3. The Morgan fingerprint density at radius 1 is 0.596 bits per heavy atom. The molecule has 7 aromatic carbocycles. The molecule has 109 heavy (non-hydrogen) atoms. The molecule has 586 valence electrons. The van der Waals surface area contributed by atoms with E-state index in [4.69, 9.17) is 79.9 Å². The zero-order valence-electron chi connectivity index (χ0n) is 61.0. The number of hydrogen-bond acceptors (Lipinski definition) is 13. The van der Waals surface area contributed by atoms with Gasteiger partial charge in [0.05, 0.1) is 32.9 Å². The molecule has 0 saturated carbocycles. The lowest BCUT2D eigenvalue weighted by Gasteiger charge is -2.16. The van der Waals surface area contributed by atoms with Crippen LogP contribution >= 0.6 is 65.6 Å². The van der Waals surface area contributed by atoms with Crippen LogP contribution in [-0.4, -0.2) is 62.0 Å². The molecule has 0 spiro atoms. The third-order valence-corrected chi connectivity index (χ3v) is 33.2. The maximum atomic E-state index is 12.2. The third-order valence-electron chi connectivity index (χ3n) is 14.3. The number of aryl methyl sites for hydroxylation is 1. The number of terminal acetylenes is 2. The lowest BCUT2D eigenvalue weighted by atomic mass is 9.93. The molecule has 0 fully saturated rings. The zero-order chi connectivity index (χ0) is 80.5. The number of unbranched alkanes of at least 4 members (excludes halogenated alkanes) is 6. The zero-order valence-corrected chi connectivity index (χ0v) is 76.2. The number of Topliss-reactive ketones (excluding diaryl/α,β-unsaturated/α-hetero) is 3. The van der Waals surface area contributed by atoms with E-state index in [2.05, 4.69) is 110 Å². The lowest BCUT2D eigenvalue weighted by Crippen LogP contribution is -2.21. The van der Waals surface area contributed by atoms with Gasteiger partial charge in [0, 0.05) is 224 Å². The number of nitrogens with zero attached hydrogens (tertiary/aromatic N) is 1. The molecule has 0 aliphatic heterocycles. The number of carbonyl (C=O) groups excluding carboxylic acids is 5. The van der Waals surface area contributed by atoms with Gasteiger partial charge in [-0.15, -0.1) is 24.7 Å². The van der Waals surface area contributed by atoms with Gasteiger partial charge >= 0.3 is 7.60 Å². The Labute approximate surface area is 717 Å². The Kier molecular flexibility index (Phi) is 62.4. The van der Waals surface area contributed by atoms with Gasteiger partial charge in [-0.2, -0.15) is 0 Å². The quantitative estimate of drug-likeness (QED) is 0.0105. The van der Waals surface area contributed by atoms with Crippen molar-refractivity contribution >= 4 is 254 Å². The highest BCUT2D eigenvalue weighted by Crippen LogP contribution is 2.51. The maximum Gasteiger partial charge on any atom is 0.335 e. The minimum atomic E-state index is -3.02. The van der Waals surface area contributed by atoms with Gasteiger partial charge in [0.25, 0.3) is 0 Å². The van der Waals surface area contributed by atoms with Crippen LogP contribution in [0.1, 0.15) is 173 Å². The Morgan fingerprint density at radius 3 is 1.58 bits per heavy atom. The van der Waals surface area contributed by atoms with Crippen molar-refractivity contribution in [2.75, 3.05) is 27.4 Å². The van der Waals surface area contributed by atoms with Crippen LogP contribution in [0.5, 0.6) is 0 Å². The number of halogens is 5. The highest BCUT2D eigenvalue weighted by Gasteiger charge is 2.27. The van der Waals surface area contributed by atoms with E-state index in [1.54, 1.807) is 73.5 Å². The summed E-state index contributed by atoms with van der Waals surface area (Å²) in [4.78, 5) is 58.6. The summed E-state index contributed by atoms with van der Waals surface area (Å²) in [5, 5.41) is 8.81. The first-order valence-electron chi connectivity index (χ1n) is 33.2. The fraction of sp³-hybridized carbons (Fsp3) is 0.325. The second-order valence-electron chi connectivity index (χ2n) is 22.2. The van der Waals surface area contributed by atoms with Crippen LogP contribution in [-0.2, 0) is 189 Å². The molecular weight excluding hydrogens is 1740 g/mol. The molecule has 1 amide bonds. The summed E-state index contributed by atoms with van der Waals surface area (Å²) >= 11 is 48.0. The van der Waals surface area contributed by atoms with E-state index in [-0.39, 0.29) is 36.8 Å². The number of ketones is 3. The molecular formula is C80H90Cl5NO9PS13+. The van der Waals surface area contributed by atoms with Gasteiger partial charge in [0.2, 0.25) is 11.7 Å². The average molecular weight is 1830 g/mol. The van der Waals surface area contributed by atoms with Crippen LogP contribution in [0.3, 0.4) is 0 Å². The van der Waals surface area contributed by atoms with E-state index in [9.17, 15) is 28.5 Å². The molecule has 0 radical (unpaired) electrons. The van der Waals surface area contributed by atoms with Crippen molar-refractivity contribution in [1.29, 1.82) is 0 Å². The maximum absolute atomic E-state index is 12.2. The summed E-state index contributed by atoms with van der Waals surface area (Å²) in [6.07, 6.45) is 34.6. The molecule has 0 heterocycles. The molecule has 0 aromatic heterocycles. The van der Waals surface area contributed by atoms with Gasteiger partial charge in [-0.3, -0.25) is 28.6 Å². The molecule has 0 unspecified atom stereocenters. The summed E-state index contributed by atoms with van der Waals surface area (Å²) < 4.78 is 22.6. The van der Waals surface area contributed by atoms with Crippen molar-refractivity contribution in [1.82, 2.24) is 5.06 Å². The predicted molar refractivity (Wildman–Crippen MR) is 500 cm³/mol. The summed E-state index contributed by atoms with van der Waals surface area (Å²) in [5.74, 6) is 10.5. The fourth-order valence-electron chi connectivity index (χ4n) is 9.86. The number of allylic oxidation sites excluding steroid dienone is 2. The average Bonchev–Trinajstić information content (AvgIpc) is 1.78. The molecule has 0 saturated heterocycles. The predicted octanol–water partition coefficient (Wildman–Crippen LogP) is 22.2. The summed E-state index contributed by atoms with van der Waals surface area (Å²) in [6, 6.07) is 38.7. The molecule has 7 aromatic rings. The van der Waals surface area contributed by atoms with E-state index in [1.165, 1.54) is 96.5 Å². The number of fused-ring (bicyclic) bond motifs is 4. The van der Waals surface area contributed by atoms with Crippen LogP contribution in [0.2, 0.25) is 25.1 Å². The van der Waals surface area contributed by atoms with Crippen LogP contribution in [0.25, 0.3) is 33.7 Å². The molecule has 2 aliphatic rings. The van der Waals surface area contributed by atoms with E-state index in [0.29, 0.717) is 34.7 Å². The minimum absolute atomic E-state index is 0. The number of hydrogen-bond donors (Lipinski definition) is 0. The third kappa shape index (κ3) is 46.6. The standard InChI is InChI=1S/C15H13ClO.C15H12ClO.C15H15ClO.C13H13Cl.C11H16ClO3P.C6H8O.C4H9NO2.CH4.S7.S6/c1-9(17)14-12-6-2-4-10(12)8-11-5-3-7-13(16)15(11)14;1-9(17)15-13-4-2-3-10(13)7-11-8-12(16)5-6-14(11)15;1-13(17)8-5-3-2-4-6-9-14-10-7-11-15(16)12-14;1-2-3-4-5-6-8-12-9-7-10-13(14)11-12;1-3-14-16(13,15-4-2)9-10-6-5-7-11(12)8-10;1-2-3-4-5-6-7;1-4(6)5(2)7-3;;1-3-5-7-6-4-2;1-3-5-6-4-2/h3,5,7-8H,2,4,6H2,1H3;2,5-8H,3-4H2,1H3;6-7,9-12H,2-4H2,1H3;1,6-11H,3-5H2;5-8H,3-4,9H2,1-2H3;1,6H,3-5H2;1-3H3;1H4;;/q;+1;;;;;;;;/b;;9-6+;8-6+;;;;;;. The Bertz CT molecular complexity index is 4750. The number of rotatable bonds is 20. The lowest BCUT2D eigenvalue weighted by molar-refractivity contribution is -0.165. The van der Waals surface area contributed by atoms with E-state index in [0.717, 1.165) is 154 Å². The highest BCUT2D eigenvalue weighted by atomic mass is 35.5. The number of carbonyl (C=O) groups is 5. The van der Waals surface area contributed by atoms with Crippen molar-refractivity contribution in [2.24, 2.45) is 0 Å². The molecule has 2 aliphatic carbocycles. The van der Waals surface area contributed by atoms with Crippen LogP contribution in [0, 0.1) is 42.9 Å². The largest absolute Gasteiger partial charge is 0.335 e. The first-order valence-corrected chi connectivity index (χ1v) is 51.5. The number of hydroxylamine groups is 2. The SMILES string of the molecule is C.C#CCCC/C=C/c1cccc(Cl)c1.C#CCCCC=O.CC(=O)C#CCCC/C=C/c1cccc(Cl)c1.CC(=O)c1c2c(cc3cc(Cl)ccc13)C[CH+]C2.CC(=O)c1c2c(cc3cccc(Cl)c13)CCC2.CCOP(=O)(Cc1cccc(Cl)c1)OCC.CON(C)C(C)=O.S=S=S=S=S=S.S=S=S=S=S=S=S. The van der Waals surface area contributed by atoms with Crippen LogP contribution in [0.15, 0.2) is 133 Å². The van der Waals surface area contributed by atoms with Gasteiger partial charge in [-0.1, -0.05) is 156 Å². The van der Waals surface area contributed by atoms with Crippen molar-refractivity contribution in [3.05, 3.63) is 215 Å². The van der Waals surface area contributed by atoms with Crippen molar-refractivity contribution < 1.29 is 42.4 Å². The second kappa shape index (κ2) is 65.0. The first-order chi connectivity index (χ1) is 51.9. The van der Waals surface area contributed by atoms with Crippen LogP contribution < -0.4 is 0 Å². The summed E-state index contributed by atoms with van der Waals surface area (Å²) in [6.45, 7) is 10.5. The Hall–Kier alpha value is -4.34. The topological polar surface area (TPSA) is 133 Å². The first kappa shape index (κ1) is 105. The highest BCUT2D eigenvalue weighted by molar-refractivity contribution is 8.68. The van der Waals surface area contributed by atoms with Gasteiger partial charge in [0.15, 0.2) is 11.6 Å². The Morgan fingerprint density at radius 2 is 1.10 bits per heavy atom. The van der Waals surface area contributed by atoms with Crippen molar-refractivity contribution in [3.8, 4) is 36.5 Å². The normalized spacial score (nSPS) is 10.6. The smallest absolute Gasteiger partial charge is 0.309 e. The van der Waals surface area contributed by atoms with Gasteiger partial charge in [-0.25, -0.2) is 5.06 Å². The van der Waals surface area contributed by atoms with Gasteiger partial charge < -0.3 is 13.8 Å². The monoisotopic (exact) mass is 1830 g/mol. The molecule has 29 heteroatoms. The van der Waals surface area contributed by atoms with E-state index in [1.807, 2.05) is 103 Å². The van der Waals surface area contributed by atoms with Gasteiger partial charge in [-0.05, 0) is 190 Å². The van der Waals surface area contributed by atoms with Crippen LogP contribution in [0.4, 0.5) is 0 Å². The summed E-state index contributed by atoms with van der Waals surface area (Å²) in [7, 11) is 13.0. The van der Waals surface area contributed by atoms with Crippen molar-refractivity contribution in [2.45, 2.75) is 145 Å². The Balaban J connectivity index is 0.00000123. The van der Waals surface area contributed by atoms with E-state index < -0.39 is 7.60 Å². The van der Waals surface area contributed by atoms with Crippen molar-refractivity contribution in [3.63, 3.8) is 0 Å². The molecule has 9 rings (SSSR count). The molecule has 0 bridgehead atoms. The van der Waals surface area contributed by atoms with Gasteiger partial charge in [0.1, 0.15) is 19.1 Å². The summed E-state index contributed by atoms with van der Waals surface area (Å²) in [5.41, 5.74) is 9.84. The molecule has 0 N–H and O–H groups in total. The second-order valence-corrected chi connectivity index (χ2v) is 42.3. The number of amides is 1.